The highest BCUT2D eigenvalue weighted by atomic mass is 32.2. The molecule has 1 aliphatic rings. The highest BCUT2D eigenvalue weighted by Gasteiger charge is 2.27. The Labute approximate surface area is 169 Å². The van der Waals surface area contributed by atoms with Crippen LogP contribution in [0.2, 0.25) is 0 Å². The summed E-state index contributed by atoms with van der Waals surface area (Å²) in [6, 6.07) is 8.53. The summed E-state index contributed by atoms with van der Waals surface area (Å²) >= 11 is 1.45. The van der Waals surface area contributed by atoms with Crippen LogP contribution in [0.4, 0.5) is 0 Å². The number of thioether (sulfide) groups is 1. The predicted molar refractivity (Wildman–Crippen MR) is 113 cm³/mol. The second-order valence-electron chi connectivity index (χ2n) is 7.78. The summed E-state index contributed by atoms with van der Waals surface area (Å²) in [6.07, 6.45) is 5.97. The van der Waals surface area contributed by atoms with E-state index in [1.54, 1.807) is 4.52 Å². The molecule has 148 valence electrons. The van der Waals surface area contributed by atoms with Crippen molar-refractivity contribution in [3.05, 3.63) is 30.1 Å². The standard InChI is InChI=1S/C21H27N5OS/c1-14(2)25(16-9-5-4-6-10-16)19(27)13-28-21-23-18-12-8-7-11-17(18)20-22-15(3)24-26(20)21/h7-8,11-12,14,16H,4-6,9-10,13H2,1-3H3. The third kappa shape index (κ3) is 3.72. The Bertz CT molecular complexity index is 993. The van der Waals surface area contributed by atoms with Crippen molar-refractivity contribution in [1.29, 1.82) is 0 Å². The third-order valence-electron chi connectivity index (χ3n) is 5.39. The van der Waals surface area contributed by atoms with Gasteiger partial charge in [-0.25, -0.2) is 9.97 Å². The minimum Gasteiger partial charge on any atom is -0.337 e. The Morgan fingerprint density at radius 1 is 1.21 bits per heavy atom. The Hall–Kier alpha value is -2.15. The lowest BCUT2D eigenvalue weighted by atomic mass is 9.93. The molecule has 0 spiro atoms. The van der Waals surface area contributed by atoms with Gasteiger partial charge in [0.15, 0.2) is 10.8 Å². The number of aromatic nitrogens is 4. The molecule has 2 heterocycles. The van der Waals surface area contributed by atoms with Crippen LogP contribution in [0.25, 0.3) is 16.6 Å². The van der Waals surface area contributed by atoms with Gasteiger partial charge in [-0.15, -0.1) is 5.10 Å². The number of carbonyl (C=O) groups excluding carboxylic acids is 1. The number of nitrogens with zero attached hydrogens (tertiary/aromatic N) is 5. The normalized spacial score (nSPS) is 15.6. The zero-order valence-corrected chi connectivity index (χ0v) is 17.6. The van der Waals surface area contributed by atoms with Crippen molar-refractivity contribution < 1.29 is 4.79 Å². The maximum atomic E-state index is 13.1. The molecule has 2 aromatic heterocycles. The fraction of sp³-hybridized carbons (Fsp3) is 0.524. The number of hydrogen-bond donors (Lipinski definition) is 0. The molecule has 0 atom stereocenters. The van der Waals surface area contributed by atoms with Crippen LogP contribution in [-0.4, -0.2) is 48.2 Å². The van der Waals surface area contributed by atoms with Crippen LogP contribution in [0.15, 0.2) is 29.4 Å². The summed E-state index contributed by atoms with van der Waals surface area (Å²) in [5.41, 5.74) is 1.68. The average Bonchev–Trinajstić information content (AvgIpc) is 3.08. The van der Waals surface area contributed by atoms with Crippen LogP contribution in [0, 0.1) is 6.92 Å². The molecule has 0 unspecified atom stereocenters. The zero-order chi connectivity index (χ0) is 19.7. The van der Waals surface area contributed by atoms with E-state index in [4.69, 9.17) is 4.98 Å². The van der Waals surface area contributed by atoms with Crippen molar-refractivity contribution in [3.8, 4) is 0 Å². The molecule has 0 N–H and O–H groups in total. The summed E-state index contributed by atoms with van der Waals surface area (Å²) in [5.74, 6) is 1.26. The lowest BCUT2D eigenvalue weighted by Crippen LogP contribution is -2.46. The van der Waals surface area contributed by atoms with Gasteiger partial charge in [0.1, 0.15) is 5.82 Å². The van der Waals surface area contributed by atoms with Gasteiger partial charge in [0, 0.05) is 17.5 Å². The summed E-state index contributed by atoms with van der Waals surface area (Å²) < 4.78 is 1.77. The molecule has 1 amide bonds. The maximum absolute atomic E-state index is 13.1. The van der Waals surface area contributed by atoms with Gasteiger partial charge >= 0.3 is 0 Å². The monoisotopic (exact) mass is 397 g/mol. The van der Waals surface area contributed by atoms with Crippen molar-refractivity contribution >= 4 is 34.2 Å². The van der Waals surface area contributed by atoms with Crippen LogP contribution < -0.4 is 0 Å². The molecule has 4 rings (SSSR count). The summed E-state index contributed by atoms with van der Waals surface area (Å²) in [5, 5.41) is 6.20. The molecule has 0 saturated heterocycles. The first kappa shape index (κ1) is 19.2. The van der Waals surface area contributed by atoms with E-state index in [-0.39, 0.29) is 11.9 Å². The number of aryl methyl sites for hydroxylation is 1. The summed E-state index contributed by atoms with van der Waals surface area (Å²) in [7, 11) is 0. The Kier molecular flexibility index (Phi) is 5.53. The molecule has 0 radical (unpaired) electrons. The van der Waals surface area contributed by atoms with Gasteiger partial charge in [-0.3, -0.25) is 4.79 Å². The van der Waals surface area contributed by atoms with Crippen molar-refractivity contribution in [1.82, 2.24) is 24.5 Å². The molecule has 28 heavy (non-hydrogen) atoms. The van der Waals surface area contributed by atoms with Gasteiger partial charge in [-0.05, 0) is 45.7 Å². The van der Waals surface area contributed by atoms with E-state index in [0.717, 1.165) is 34.5 Å². The van der Waals surface area contributed by atoms with Crippen LogP contribution >= 0.6 is 11.8 Å². The largest absolute Gasteiger partial charge is 0.337 e. The minimum absolute atomic E-state index is 0.187. The van der Waals surface area contributed by atoms with Gasteiger partial charge in [-0.1, -0.05) is 43.2 Å². The fourth-order valence-corrected chi connectivity index (χ4v) is 5.01. The average molecular weight is 398 g/mol. The van der Waals surface area contributed by atoms with E-state index in [0.29, 0.717) is 17.6 Å². The highest BCUT2D eigenvalue weighted by Crippen LogP contribution is 2.27. The lowest BCUT2D eigenvalue weighted by Gasteiger charge is -2.37. The first-order valence-corrected chi connectivity index (χ1v) is 11.1. The Morgan fingerprint density at radius 3 is 2.71 bits per heavy atom. The van der Waals surface area contributed by atoms with E-state index >= 15 is 0 Å². The summed E-state index contributed by atoms with van der Waals surface area (Å²) in [4.78, 5) is 24.5. The van der Waals surface area contributed by atoms with Gasteiger partial charge in [0.25, 0.3) is 0 Å². The Morgan fingerprint density at radius 2 is 1.96 bits per heavy atom. The number of rotatable bonds is 5. The highest BCUT2D eigenvalue weighted by molar-refractivity contribution is 7.99. The van der Waals surface area contributed by atoms with Gasteiger partial charge in [-0.2, -0.15) is 4.52 Å². The quantitative estimate of drug-likeness (QED) is 0.476. The third-order valence-corrected chi connectivity index (χ3v) is 6.31. The molecule has 0 bridgehead atoms. The van der Waals surface area contributed by atoms with Crippen LogP contribution in [0.1, 0.15) is 51.8 Å². The predicted octanol–water partition coefficient (Wildman–Crippen LogP) is 4.25. The zero-order valence-electron chi connectivity index (χ0n) is 16.8. The number of carbonyl (C=O) groups is 1. The smallest absolute Gasteiger partial charge is 0.233 e. The molecule has 0 aliphatic heterocycles. The Balaban J connectivity index is 1.59. The topological polar surface area (TPSA) is 63.4 Å². The van der Waals surface area contributed by atoms with Gasteiger partial charge in [0.2, 0.25) is 5.91 Å². The number of amides is 1. The van der Waals surface area contributed by atoms with Crippen molar-refractivity contribution in [2.75, 3.05) is 5.75 Å². The number of benzene rings is 1. The molecular weight excluding hydrogens is 370 g/mol. The van der Waals surface area contributed by atoms with Crippen molar-refractivity contribution in [2.24, 2.45) is 0 Å². The number of para-hydroxylation sites is 1. The first-order valence-electron chi connectivity index (χ1n) is 10.1. The van der Waals surface area contributed by atoms with E-state index in [1.165, 1.54) is 31.0 Å². The summed E-state index contributed by atoms with van der Waals surface area (Å²) in [6.45, 7) is 6.11. The van der Waals surface area contributed by atoms with E-state index in [2.05, 4.69) is 28.8 Å². The molecule has 6 nitrogen and oxygen atoms in total. The molecular formula is C21H27N5OS. The van der Waals surface area contributed by atoms with Gasteiger partial charge in [0.05, 0.1) is 11.3 Å². The fourth-order valence-electron chi connectivity index (χ4n) is 4.20. The second-order valence-corrected chi connectivity index (χ2v) is 8.72. The molecule has 1 aliphatic carbocycles. The van der Waals surface area contributed by atoms with E-state index in [1.807, 2.05) is 31.2 Å². The number of hydrogen-bond acceptors (Lipinski definition) is 5. The lowest BCUT2D eigenvalue weighted by molar-refractivity contribution is -0.133. The SMILES string of the molecule is Cc1nc2c3ccccc3nc(SCC(=O)N(C(C)C)C3CCCCC3)n2n1. The van der Waals surface area contributed by atoms with Crippen LogP contribution in [0.3, 0.4) is 0 Å². The van der Waals surface area contributed by atoms with E-state index in [9.17, 15) is 4.79 Å². The first-order chi connectivity index (χ1) is 13.5. The molecule has 1 fully saturated rings. The molecule has 1 saturated carbocycles. The molecule has 1 aromatic carbocycles. The maximum Gasteiger partial charge on any atom is 0.233 e. The van der Waals surface area contributed by atoms with E-state index < -0.39 is 0 Å². The van der Waals surface area contributed by atoms with Crippen LogP contribution in [-0.2, 0) is 4.79 Å². The molecule has 3 aromatic rings. The van der Waals surface area contributed by atoms with Gasteiger partial charge < -0.3 is 4.90 Å². The second kappa shape index (κ2) is 8.07. The van der Waals surface area contributed by atoms with Crippen molar-refractivity contribution in [2.45, 2.75) is 70.1 Å². The number of fused-ring (bicyclic) bond motifs is 3. The van der Waals surface area contributed by atoms with Crippen LogP contribution in [0.5, 0.6) is 0 Å². The molecule has 7 heteroatoms. The van der Waals surface area contributed by atoms with Crippen molar-refractivity contribution in [3.63, 3.8) is 0 Å². The minimum atomic E-state index is 0.187.